The molecule has 6 nitrogen and oxygen atoms in total. The van der Waals surface area contributed by atoms with Gasteiger partial charge in [0.25, 0.3) is 5.89 Å². The smallest absolute Gasteiger partial charge is 0.253 e. The SMILES string of the molecule is Cc1onc(-c2ccccc2)c1-c1nnc(CN2c3ccccc3CCC2C)o1. The average Bonchev–Trinajstić information content (AvgIpc) is 3.37. The number of nitrogens with zero attached hydrogens (tertiary/aromatic N) is 4. The van der Waals surface area contributed by atoms with E-state index in [0.29, 0.717) is 30.1 Å². The number of aryl methyl sites for hydroxylation is 2. The summed E-state index contributed by atoms with van der Waals surface area (Å²) in [6.07, 6.45) is 2.21. The van der Waals surface area contributed by atoms with Crippen LogP contribution in [0.1, 0.15) is 30.6 Å². The van der Waals surface area contributed by atoms with Gasteiger partial charge in [0, 0.05) is 17.3 Å². The third-order valence-electron chi connectivity index (χ3n) is 5.56. The maximum absolute atomic E-state index is 6.07. The Morgan fingerprint density at radius 3 is 2.69 bits per heavy atom. The van der Waals surface area contributed by atoms with E-state index in [9.17, 15) is 0 Å². The minimum atomic E-state index is 0.414. The topological polar surface area (TPSA) is 68.2 Å². The number of hydrogen-bond acceptors (Lipinski definition) is 6. The van der Waals surface area contributed by atoms with Crippen LogP contribution in [0.5, 0.6) is 0 Å². The van der Waals surface area contributed by atoms with Gasteiger partial charge in [-0.3, -0.25) is 0 Å². The van der Waals surface area contributed by atoms with E-state index in [1.54, 1.807) is 0 Å². The predicted molar refractivity (Wildman–Crippen MR) is 110 cm³/mol. The number of aromatic nitrogens is 3. The molecule has 0 N–H and O–H groups in total. The molecule has 0 radical (unpaired) electrons. The molecule has 6 heteroatoms. The van der Waals surface area contributed by atoms with Crippen molar-refractivity contribution in [2.24, 2.45) is 0 Å². The first-order valence-corrected chi connectivity index (χ1v) is 9.89. The Morgan fingerprint density at radius 1 is 1.03 bits per heavy atom. The van der Waals surface area contributed by atoms with Gasteiger partial charge in [0.15, 0.2) is 0 Å². The van der Waals surface area contributed by atoms with Crippen molar-refractivity contribution in [1.29, 1.82) is 0 Å². The maximum atomic E-state index is 6.07. The quantitative estimate of drug-likeness (QED) is 0.489. The lowest BCUT2D eigenvalue weighted by molar-refractivity contribution is 0.399. The Balaban J connectivity index is 1.47. The molecule has 2 aromatic carbocycles. The molecule has 4 aromatic rings. The monoisotopic (exact) mass is 386 g/mol. The van der Waals surface area contributed by atoms with Crippen molar-refractivity contribution < 1.29 is 8.94 Å². The molecule has 3 heterocycles. The zero-order valence-electron chi connectivity index (χ0n) is 16.5. The molecule has 0 saturated carbocycles. The van der Waals surface area contributed by atoms with Crippen molar-refractivity contribution in [3.8, 4) is 22.7 Å². The summed E-state index contributed by atoms with van der Waals surface area (Å²) in [4.78, 5) is 2.34. The second kappa shape index (κ2) is 7.20. The van der Waals surface area contributed by atoms with Crippen LogP contribution in [0.15, 0.2) is 63.5 Å². The molecule has 0 aliphatic carbocycles. The molecule has 0 bridgehead atoms. The third-order valence-corrected chi connectivity index (χ3v) is 5.56. The third kappa shape index (κ3) is 3.20. The molecule has 1 aliphatic heterocycles. The number of anilines is 1. The van der Waals surface area contributed by atoms with Crippen molar-refractivity contribution in [2.75, 3.05) is 4.90 Å². The van der Waals surface area contributed by atoms with Crippen molar-refractivity contribution in [2.45, 2.75) is 39.3 Å². The van der Waals surface area contributed by atoms with Gasteiger partial charge >= 0.3 is 0 Å². The van der Waals surface area contributed by atoms with Gasteiger partial charge in [-0.25, -0.2) is 0 Å². The highest BCUT2D eigenvalue weighted by atomic mass is 16.5. The van der Waals surface area contributed by atoms with Crippen molar-refractivity contribution in [3.05, 3.63) is 71.8 Å². The summed E-state index contributed by atoms with van der Waals surface area (Å²) in [5, 5.41) is 12.8. The Hall–Kier alpha value is -3.41. The Labute approximate surface area is 169 Å². The molecule has 1 unspecified atom stereocenters. The number of fused-ring (bicyclic) bond motifs is 1. The first-order chi connectivity index (χ1) is 14.2. The zero-order valence-corrected chi connectivity index (χ0v) is 16.5. The second-order valence-electron chi connectivity index (χ2n) is 7.47. The van der Waals surface area contributed by atoms with Crippen LogP contribution in [0, 0.1) is 6.92 Å². The summed E-state index contributed by atoms with van der Waals surface area (Å²) in [7, 11) is 0. The van der Waals surface area contributed by atoms with Crippen LogP contribution in [0.2, 0.25) is 0 Å². The highest BCUT2D eigenvalue weighted by Gasteiger charge is 2.26. The van der Waals surface area contributed by atoms with Crippen LogP contribution in [0.3, 0.4) is 0 Å². The molecule has 0 spiro atoms. The number of hydrogen-bond donors (Lipinski definition) is 0. The first kappa shape index (κ1) is 17.7. The van der Waals surface area contributed by atoms with Gasteiger partial charge in [-0.1, -0.05) is 53.7 Å². The van der Waals surface area contributed by atoms with Crippen molar-refractivity contribution in [3.63, 3.8) is 0 Å². The Kier molecular flexibility index (Phi) is 4.39. The average molecular weight is 386 g/mol. The standard InChI is InChI=1S/C23H22N4O2/c1-15-12-13-17-8-6-7-11-19(17)27(15)14-20-24-25-23(28-20)21-16(2)29-26-22(21)18-9-4-3-5-10-18/h3-11,15H,12-14H2,1-2H3. The van der Waals surface area contributed by atoms with Crippen LogP contribution >= 0.6 is 0 Å². The largest absolute Gasteiger partial charge is 0.419 e. The molecule has 5 rings (SSSR count). The van der Waals surface area contributed by atoms with Crippen LogP contribution in [-0.4, -0.2) is 21.4 Å². The highest BCUT2D eigenvalue weighted by molar-refractivity contribution is 5.77. The van der Waals surface area contributed by atoms with E-state index in [1.165, 1.54) is 11.3 Å². The zero-order chi connectivity index (χ0) is 19.8. The molecular formula is C23H22N4O2. The van der Waals surface area contributed by atoms with Crippen LogP contribution in [0.25, 0.3) is 22.7 Å². The predicted octanol–water partition coefficient (Wildman–Crippen LogP) is 5.04. The lowest BCUT2D eigenvalue weighted by Crippen LogP contribution is -2.36. The van der Waals surface area contributed by atoms with Gasteiger partial charge in [-0.15, -0.1) is 10.2 Å². The summed E-state index contributed by atoms with van der Waals surface area (Å²) in [5.74, 6) is 1.69. The van der Waals surface area contributed by atoms with Gasteiger partial charge in [-0.05, 0) is 38.3 Å². The second-order valence-corrected chi connectivity index (χ2v) is 7.47. The van der Waals surface area contributed by atoms with E-state index >= 15 is 0 Å². The molecule has 1 atom stereocenters. The lowest BCUT2D eigenvalue weighted by Gasteiger charge is -2.36. The lowest BCUT2D eigenvalue weighted by atomic mass is 9.97. The molecule has 146 valence electrons. The van der Waals surface area contributed by atoms with Gasteiger partial charge in [-0.2, -0.15) is 0 Å². The Bertz CT molecular complexity index is 1130. The summed E-state index contributed by atoms with van der Waals surface area (Å²) in [6.45, 7) is 4.68. The number of benzene rings is 2. The molecule has 0 saturated heterocycles. The molecule has 1 aliphatic rings. The maximum Gasteiger partial charge on any atom is 0.253 e. The van der Waals surface area contributed by atoms with E-state index in [4.69, 9.17) is 8.94 Å². The van der Waals surface area contributed by atoms with E-state index in [1.807, 2.05) is 37.3 Å². The first-order valence-electron chi connectivity index (χ1n) is 9.89. The van der Waals surface area contributed by atoms with Crippen molar-refractivity contribution in [1.82, 2.24) is 15.4 Å². The Morgan fingerprint density at radius 2 is 1.83 bits per heavy atom. The van der Waals surface area contributed by atoms with Crippen LogP contribution < -0.4 is 4.90 Å². The summed E-state index contributed by atoms with van der Waals surface area (Å²) < 4.78 is 11.5. The highest BCUT2D eigenvalue weighted by Crippen LogP contribution is 2.35. The summed E-state index contributed by atoms with van der Waals surface area (Å²) >= 11 is 0. The van der Waals surface area contributed by atoms with E-state index in [-0.39, 0.29) is 0 Å². The van der Waals surface area contributed by atoms with Crippen LogP contribution in [0.4, 0.5) is 5.69 Å². The molecule has 0 fully saturated rings. The fourth-order valence-electron chi connectivity index (χ4n) is 3.98. The molecule has 2 aromatic heterocycles. The fraction of sp³-hybridized carbons (Fsp3) is 0.261. The van der Waals surface area contributed by atoms with Crippen molar-refractivity contribution >= 4 is 5.69 Å². The number of rotatable bonds is 4. The minimum Gasteiger partial charge on any atom is -0.419 e. The molecule has 0 amide bonds. The van der Waals surface area contributed by atoms with Gasteiger partial charge in [0.1, 0.15) is 17.0 Å². The van der Waals surface area contributed by atoms with Gasteiger partial charge in [0.05, 0.1) is 6.54 Å². The summed E-state index contributed by atoms with van der Waals surface area (Å²) in [5.41, 5.74) is 5.04. The molecule has 29 heavy (non-hydrogen) atoms. The molecular weight excluding hydrogens is 364 g/mol. The van der Waals surface area contributed by atoms with Gasteiger partial charge < -0.3 is 13.8 Å². The van der Waals surface area contributed by atoms with E-state index in [2.05, 4.69) is 51.4 Å². The number of para-hydroxylation sites is 1. The van der Waals surface area contributed by atoms with Gasteiger partial charge in [0.2, 0.25) is 5.89 Å². The fourth-order valence-corrected chi connectivity index (χ4v) is 3.98. The van der Waals surface area contributed by atoms with E-state index in [0.717, 1.165) is 29.7 Å². The summed E-state index contributed by atoms with van der Waals surface area (Å²) in [6, 6.07) is 18.8. The van der Waals surface area contributed by atoms with Crippen LogP contribution in [-0.2, 0) is 13.0 Å². The normalized spacial score (nSPS) is 16.1. The minimum absolute atomic E-state index is 0.414. The van der Waals surface area contributed by atoms with E-state index < -0.39 is 0 Å².